The highest BCUT2D eigenvalue weighted by molar-refractivity contribution is 5.78. The van der Waals surface area contributed by atoms with E-state index < -0.39 is 17.7 Å². The van der Waals surface area contributed by atoms with Crippen molar-refractivity contribution in [3.8, 4) is 0 Å². The highest BCUT2D eigenvalue weighted by Crippen LogP contribution is 2.31. The number of alkyl halides is 3. The van der Waals surface area contributed by atoms with Crippen molar-refractivity contribution in [1.29, 1.82) is 0 Å². The first-order valence-corrected chi connectivity index (χ1v) is 6.24. The van der Waals surface area contributed by atoms with Crippen molar-refractivity contribution in [2.75, 3.05) is 6.61 Å². The Morgan fingerprint density at radius 2 is 1.79 bits per heavy atom. The van der Waals surface area contributed by atoms with Crippen LogP contribution in [0, 0.1) is 0 Å². The number of halogens is 3. The van der Waals surface area contributed by atoms with Crippen LogP contribution in [-0.4, -0.2) is 12.6 Å². The Morgan fingerprint density at radius 3 is 2.21 bits per heavy atom. The number of benzene rings is 1. The summed E-state index contributed by atoms with van der Waals surface area (Å²) >= 11 is 0. The molecule has 0 spiro atoms. The van der Waals surface area contributed by atoms with Gasteiger partial charge in [0.15, 0.2) is 0 Å². The van der Waals surface area contributed by atoms with Gasteiger partial charge in [-0.2, -0.15) is 13.2 Å². The highest BCUT2D eigenvalue weighted by Gasteiger charge is 2.30. The fourth-order valence-corrected chi connectivity index (χ4v) is 1.86. The molecule has 0 bridgehead atoms. The first-order chi connectivity index (χ1) is 8.90. The largest absolute Gasteiger partial charge is 0.466 e. The van der Waals surface area contributed by atoms with Crippen molar-refractivity contribution in [3.63, 3.8) is 0 Å². The van der Waals surface area contributed by atoms with Crippen LogP contribution in [0.1, 0.15) is 43.7 Å². The van der Waals surface area contributed by atoms with Gasteiger partial charge in [-0.1, -0.05) is 25.5 Å². The van der Waals surface area contributed by atoms with Crippen molar-refractivity contribution in [1.82, 2.24) is 0 Å². The minimum atomic E-state index is -4.36. The van der Waals surface area contributed by atoms with E-state index in [1.54, 1.807) is 6.92 Å². The zero-order valence-corrected chi connectivity index (χ0v) is 11.0. The van der Waals surface area contributed by atoms with Gasteiger partial charge in [0.2, 0.25) is 0 Å². The Kier molecular flexibility index (Phi) is 5.39. The molecule has 1 aromatic carbocycles. The van der Waals surface area contributed by atoms with E-state index in [2.05, 4.69) is 0 Å². The van der Waals surface area contributed by atoms with Crippen LogP contribution >= 0.6 is 0 Å². The van der Waals surface area contributed by atoms with Crippen LogP contribution in [0.3, 0.4) is 0 Å². The molecular formula is C14H17F3O2. The van der Waals surface area contributed by atoms with Crippen LogP contribution in [0.15, 0.2) is 24.3 Å². The van der Waals surface area contributed by atoms with Crippen molar-refractivity contribution in [2.45, 2.75) is 38.8 Å². The number of rotatable bonds is 5. The zero-order valence-electron chi connectivity index (χ0n) is 11.0. The molecule has 1 atom stereocenters. The van der Waals surface area contributed by atoms with Crippen LogP contribution < -0.4 is 0 Å². The van der Waals surface area contributed by atoms with Crippen molar-refractivity contribution in [2.24, 2.45) is 0 Å². The molecule has 0 radical (unpaired) electrons. The second-order valence-corrected chi connectivity index (χ2v) is 4.21. The van der Waals surface area contributed by atoms with Gasteiger partial charge in [0.1, 0.15) is 0 Å². The molecule has 1 rings (SSSR count). The lowest BCUT2D eigenvalue weighted by molar-refractivity contribution is -0.145. The third-order valence-corrected chi connectivity index (χ3v) is 2.79. The van der Waals surface area contributed by atoms with Crippen LogP contribution in [-0.2, 0) is 15.7 Å². The van der Waals surface area contributed by atoms with Gasteiger partial charge >= 0.3 is 12.1 Å². The highest BCUT2D eigenvalue weighted by atomic mass is 19.4. The van der Waals surface area contributed by atoms with Crippen molar-refractivity contribution in [3.05, 3.63) is 35.4 Å². The summed E-state index contributed by atoms with van der Waals surface area (Å²) in [6.45, 7) is 3.88. The first kappa shape index (κ1) is 15.5. The van der Waals surface area contributed by atoms with E-state index in [1.807, 2.05) is 6.92 Å². The quantitative estimate of drug-likeness (QED) is 0.754. The predicted octanol–water partition coefficient (Wildman–Crippen LogP) is 4.15. The molecule has 0 saturated carbocycles. The molecule has 0 aliphatic carbocycles. The fraction of sp³-hybridized carbons (Fsp3) is 0.500. The Bertz CT molecular complexity index is 410. The summed E-state index contributed by atoms with van der Waals surface area (Å²) in [5.74, 6) is -0.878. The van der Waals surface area contributed by atoms with Gasteiger partial charge in [-0.05, 0) is 31.0 Å². The molecule has 19 heavy (non-hydrogen) atoms. The van der Waals surface area contributed by atoms with Gasteiger partial charge in [-0.3, -0.25) is 4.79 Å². The molecule has 0 fully saturated rings. The Hall–Kier alpha value is -1.52. The molecule has 1 aromatic rings. The molecule has 0 amide bonds. The number of hydrogen-bond acceptors (Lipinski definition) is 2. The first-order valence-electron chi connectivity index (χ1n) is 6.24. The van der Waals surface area contributed by atoms with Gasteiger partial charge in [0, 0.05) is 0 Å². The van der Waals surface area contributed by atoms with Crippen LogP contribution in [0.4, 0.5) is 13.2 Å². The van der Waals surface area contributed by atoms with E-state index in [4.69, 9.17) is 4.74 Å². The molecule has 5 heteroatoms. The monoisotopic (exact) mass is 274 g/mol. The van der Waals surface area contributed by atoms with Crippen LogP contribution in [0.25, 0.3) is 0 Å². The van der Waals surface area contributed by atoms with E-state index in [1.165, 1.54) is 12.1 Å². The Labute approximate surface area is 110 Å². The van der Waals surface area contributed by atoms with Gasteiger partial charge in [-0.15, -0.1) is 0 Å². The van der Waals surface area contributed by atoms with E-state index in [9.17, 15) is 18.0 Å². The summed E-state index contributed by atoms with van der Waals surface area (Å²) in [6.07, 6.45) is -3.04. The molecule has 0 aromatic heterocycles. The number of ether oxygens (including phenoxy) is 1. The van der Waals surface area contributed by atoms with Crippen LogP contribution in [0.2, 0.25) is 0 Å². The number of carbonyl (C=O) groups is 1. The number of esters is 1. The molecule has 0 aliphatic rings. The molecule has 0 N–H and O–H groups in total. The summed E-state index contributed by atoms with van der Waals surface area (Å²) in [6, 6.07) is 4.69. The average Bonchev–Trinajstić information content (AvgIpc) is 2.35. The molecule has 0 heterocycles. The topological polar surface area (TPSA) is 26.3 Å². The second-order valence-electron chi connectivity index (χ2n) is 4.21. The summed E-state index contributed by atoms with van der Waals surface area (Å²) in [5.41, 5.74) is -0.149. The standard InChI is InChI=1S/C14H17F3O2/c1-3-5-12(13(18)19-4-2)10-6-8-11(9-7-10)14(15,16)17/h6-9,12H,3-5H2,1-2H3. The predicted molar refractivity (Wildman–Crippen MR) is 65.7 cm³/mol. The normalized spacial score (nSPS) is 13.1. The van der Waals surface area contributed by atoms with E-state index >= 15 is 0 Å². The van der Waals surface area contributed by atoms with Crippen molar-refractivity contribution < 1.29 is 22.7 Å². The van der Waals surface area contributed by atoms with Crippen LogP contribution in [0.5, 0.6) is 0 Å². The molecule has 1 unspecified atom stereocenters. The maximum atomic E-state index is 12.5. The molecule has 106 valence electrons. The zero-order chi connectivity index (χ0) is 14.5. The summed E-state index contributed by atoms with van der Waals surface area (Å²) in [5, 5.41) is 0. The minimum absolute atomic E-state index is 0.264. The SMILES string of the molecule is CCCC(C(=O)OCC)c1ccc(C(F)(F)F)cc1. The maximum absolute atomic E-state index is 12.5. The lowest BCUT2D eigenvalue weighted by Crippen LogP contribution is -2.16. The number of carbonyl (C=O) groups excluding carboxylic acids is 1. The van der Waals surface area contributed by atoms with Gasteiger partial charge < -0.3 is 4.74 Å². The lowest BCUT2D eigenvalue weighted by Gasteiger charge is -2.16. The average molecular weight is 274 g/mol. The number of hydrogen-bond donors (Lipinski definition) is 0. The summed E-state index contributed by atoms with van der Waals surface area (Å²) in [7, 11) is 0. The van der Waals surface area contributed by atoms with E-state index in [-0.39, 0.29) is 12.6 Å². The van der Waals surface area contributed by atoms with E-state index in [0.717, 1.165) is 18.6 Å². The molecule has 0 saturated heterocycles. The van der Waals surface area contributed by atoms with Gasteiger partial charge in [0.25, 0.3) is 0 Å². The third-order valence-electron chi connectivity index (χ3n) is 2.79. The lowest BCUT2D eigenvalue weighted by atomic mass is 9.94. The third kappa shape index (κ3) is 4.26. The molecular weight excluding hydrogens is 257 g/mol. The van der Waals surface area contributed by atoms with Gasteiger partial charge in [-0.25, -0.2) is 0 Å². The Morgan fingerprint density at radius 1 is 1.21 bits per heavy atom. The van der Waals surface area contributed by atoms with Crippen molar-refractivity contribution >= 4 is 5.97 Å². The fourth-order valence-electron chi connectivity index (χ4n) is 1.86. The smallest absolute Gasteiger partial charge is 0.416 e. The molecule has 2 nitrogen and oxygen atoms in total. The summed E-state index contributed by atoms with van der Waals surface area (Å²) in [4.78, 5) is 11.8. The maximum Gasteiger partial charge on any atom is 0.416 e. The van der Waals surface area contributed by atoms with Gasteiger partial charge in [0.05, 0.1) is 18.1 Å². The molecule has 0 aliphatic heterocycles. The Balaban J connectivity index is 2.94. The van der Waals surface area contributed by atoms with E-state index in [0.29, 0.717) is 12.0 Å². The second kappa shape index (κ2) is 6.59. The minimum Gasteiger partial charge on any atom is -0.466 e. The summed E-state index contributed by atoms with van der Waals surface area (Å²) < 4.78 is 42.3.